The van der Waals surface area contributed by atoms with Crippen LogP contribution < -0.4 is 0 Å². The van der Waals surface area contributed by atoms with Crippen molar-refractivity contribution in [3.05, 3.63) is 54.1 Å². The van der Waals surface area contributed by atoms with Crippen LogP contribution >= 0.6 is 0 Å². The highest BCUT2D eigenvalue weighted by molar-refractivity contribution is 5.96. The number of allylic oxidation sites excluding steroid dienone is 1. The molecule has 0 bridgehead atoms. The fraction of sp³-hybridized carbons (Fsp3) is 0. The first kappa shape index (κ1) is 10.9. The molecule has 0 fully saturated rings. The fourth-order valence-electron chi connectivity index (χ4n) is 1.66. The number of aliphatic carboxylic acids is 1. The van der Waals surface area contributed by atoms with E-state index in [9.17, 15) is 4.79 Å². The van der Waals surface area contributed by atoms with Crippen LogP contribution in [0, 0.1) is 11.3 Å². The molecular formula is C14H9NO2. The summed E-state index contributed by atoms with van der Waals surface area (Å²) in [4.78, 5) is 10.6. The molecule has 17 heavy (non-hydrogen) atoms. The van der Waals surface area contributed by atoms with Gasteiger partial charge in [-0.15, -0.1) is 0 Å². The highest BCUT2D eigenvalue weighted by Gasteiger charge is 2.04. The Hall–Kier alpha value is -2.60. The monoisotopic (exact) mass is 223 g/mol. The molecule has 0 heterocycles. The normalized spacial score (nSPS) is 11.1. The third kappa shape index (κ3) is 2.32. The largest absolute Gasteiger partial charge is 0.478 e. The van der Waals surface area contributed by atoms with Crippen molar-refractivity contribution in [2.75, 3.05) is 0 Å². The second-order valence-electron chi connectivity index (χ2n) is 3.57. The van der Waals surface area contributed by atoms with Gasteiger partial charge in [0.15, 0.2) is 0 Å². The predicted molar refractivity (Wildman–Crippen MR) is 65.2 cm³/mol. The molecule has 0 saturated carbocycles. The lowest BCUT2D eigenvalue weighted by Gasteiger charge is -2.01. The summed E-state index contributed by atoms with van der Waals surface area (Å²) in [5, 5.41) is 19.6. The van der Waals surface area contributed by atoms with E-state index in [4.69, 9.17) is 10.4 Å². The van der Waals surface area contributed by atoms with E-state index in [1.165, 1.54) is 0 Å². The predicted octanol–water partition coefficient (Wildman–Crippen LogP) is 2.83. The average Bonchev–Trinajstić information content (AvgIpc) is 2.35. The Bertz CT molecular complexity index is 651. The minimum Gasteiger partial charge on any atom is -0.478 e. The Kier molecular flexibility index (Phi) is 2.89. The first-order chi connectivity index (χ1) is 8.20. The summed E-state index contributed by atoms with van der Waals surface area (Å²) in [6.45, 7) is 0. The molecule has 2 aromatic rings. The Labute approximate surface area is 98.2 Å². The number of nitriles is 1. The van der Waals surface area contributed by atoms with Crippen molar-refractivity contribution >= 4 is 22.3 Å². The third-order valence-electron chi connectivity index (χ3n) is 2.45. The van der Waals surface area contributed by atoms with E-state index in [1.807, 2.05) is 42.5 Å². The van der Waals surface area contributed by atoms with Crippen molar-refractivity contribution in [2.24, 2.45) is 0 Å². The minimum absolute atomic E-state index is 0.156. The quantitative estimate of drug-likeness (QED) is 0.629. The summed E-state index contributed by atoms with van der Waals surface area (Å²) in [5.74, 6) is -1.12. The topological polar surface area (TPSA) is 61.1 Å². The maximum atomic E-state index is 10.6. The smallest absolute Gasteiger partial charge is 0.329 e. The van der Waals surface area contributed by atoms with Crippen LogP contribution in [0.5, 0.6) is 0 Å². The van der Waals surface area contributed by atoms with Crippen molar-refractivity contribution in [3.63, 3.8) is 0 Å². The van der Waals surface area contributed by atoms with Gasteiger partial charge >= 0.3 is 5.97 Å². The van der Waals surface area contributed by atoms with Crippen molar-refractivity contribution in [2.45, 2.75) is 0 Å². The molecule has 0 aliphatic heterocycles. The lowest BCUT2D eigenvalue weighted by Crippen LogP contribution is -1.91. The zero-order valence-electron chi connectivity index (χ0n) is 8.92. The number of carbonyl (C=O) groups is 1. The average molecular weight is 223 g/mol. The molecule has 0 spiro atoms. The van der Waals surface area contributed by atoms with Gasteiger partial charge in [0.2, 0.25) is 0 Å². The van der Waals surface area contributed by atoms with Crippen LogP contribution in [0.3, 0.4) is 0 Å². The molecule has 0 aliphatic carbocycles. The maximum absolute atomic E-state index is 10.6. The molecule has 0 radical (unpaired) electrons. The van der Waals surface area contributed by atoms with Gasteiger partial charge < -0.3 is 5.11 Å². The molecule has 3 heteroatoms. The maximum Gasteiger partial charge on any atom is 0.329 e. The Balaban J connectivity index is 2.57. The molecule has 0 aromatic heterocycles. The number of hydrogen-bond acceptors (Lipinski definition) is 2. The molecule has 0 aliphatic rings. The van der Waals surface area contributed by atoms with Gasteiger partial charge in [-0.2, -0.15) is 5.26 Å². The van der Waals surface area contributed by atoms with E-state index < -0.39 is 5.97 Å². The molecule has 3 nitrogen and oxygen atoms in total. The van der Waals surface area contributed by atoms with Crippen LogP contribution in [0.1, 0.15) is 5.56 Å². The highest BCUT2D eigenvalue weighted by Crippen LogP contribution is 2.20. The van der Waals surface area contributed by atoms with Gasteiger partial charge in [0.25, 0.3) is 0 Å². The fourth-order valence-corrected chi connectivity index (χ4v) is 1.66. The van der Waals surface area contributed by atoms with Crippen LogP contribution in [0.2, 0.25) is 0 Å². The Morgan fingerprint density at radius 2 is 1.88 bits per heavy atom. The number of hydrogen-bond donors (Lipinski definition) is 1. The molecule has 0 saturated heterocycles. The highest BCUT2D eigenvalue weighted by atomic mass is 16.4. The van der Waals surface area contributed by atoms with Gasteiger partial charge in [-0.25, -0.2) is 4.79 Å². The van der Waals surface area contributed by atoms with E-state index >= 15 is 0 Å². The number of nitrogens with zero attached hydrogens (tertiary/aromatic N) is 1. The summed E-state index contributed by atoms with van der Waals surface area (Å²) in [6.07, 6.45) is 0.921. The lowest BCUT2D eigenvalue weighted by atomic mass is 10.0. The van der Waals surface area contributed by atoms with Crippen LogP contribution in [-0.2, 0) is 4.79 Å². The summed E-state index contributed by atoms with van der Waals surface area (Å²) in [6, 6.07) is 15.1. The van der Waals surface area contributed by atoms with Gasteiger partial charge in [-0.1, -0.05) is 36.4 Å². The van der Waals surface area contributed by atoms with Crippen molar-refractivity contribution in [1.29, 1.82) is 5.26 Å². The number of rotatable bonds is 2. The first-order valence-electron chi connectivity index (χ1n) is 5.04. The van der Waals surface area contributed by atoms with E-state index in [2.05, 4.69) is 0 Å². The summed E-state index contributed by atoms with van der Waals surface area (Å²) in [5.41, 5.74) is 0.775. The van der Waals surface area contributed by atoms with Gasteiger partial charge in [-0.05, 0) is 22.4 Å². The van der Waals surface area contributed by atoms with Crippen LogP contribution in [-0.4, -0.2) is 11.1 Å². The zero-order valence-corrected chi connectivity index (χ0v) is 8.92. The number of carboxylic acid groups (broad SMARTS) is 1. The molecule has 2 aromatic carbocycles. The van der Waals surface area contributed by atoms with Crippen molar-refractivity contribution < 1.29 is 9.90 Å². The van der Waals surface area contributed by atoms with Gasteiger partial charge in [0.1, 0.15) is 6.07 Å². The Morgan fingerprint density at radius 1 is 1.18 bits per heavy atom. The summed E-state index contributed by atoms with van der Waals surface area (Å²) < 4.78 is 0. The van der Waals surface area contributed by atoms with Crippen LogP contribution in [0.4, 0.5) is 0 Å². The van der Waals surface area contributed by atoms with Gasteiger partial charge in [0, 0.05) is 6.08 Å². The van der Waals surface area contributed by atoms with Crippen LogP contribution in [0.25, 0.3) is 16.3 Å². The molecule has 0 amide bonds. The van der Waals surface area contributed by atoms with Crippen LogP contribution in [0.15, 0.2) is 48.5 Å². The minimum atomic E-state index is -1.12. The number of benzene rings is 2. The zero-order chi connectivity index (χ0) is 12.3. The van der Waals surface area contributed by atoms with E-state index in [1.54, 1.807) is 6.07 Å². The molecule has 2 rings (SSSR count). The van der Waals surface area contributed by atoms with Gasteiger partial charge in [0.05, 0.1) is 5.57 Å². The van der Waals surface area contributed by atoms with E-state index in [0.717, 1.165) is 16.8 Å². The molecule has 1 N–H and O–H groups in total. The molecule has 0 atom stereocenters. The number of fused-ring (bicyclic) bond motifs is 1. The summed E-state index contributed by atoms with van der Waals surface area (Å²) in [7, 11) is 0. The van der Waals surface area contributed by atoms with Gasteiger partial charge in [-0.3, -0.25) is 0 Å². The molecule has 0 unspecified atom stereocenters. The third-order valence-corrected chi connectivity index (χ3v) is 2.45. The summed E-state index contributed by atoms with van der Waals surface area (Å²) >= 11 is 0. The standard InChI is InChI=1S/C14H9NO2/c15-9-13(8-14(16)17)12-6-5-10-3-1-2-4-11(10)7-12/h1-8H,(H,16,17)/b13-8-. The Morgan fingerprint density at radius 3 is 2.53 bits per heavy atom. The molecular weight excluding hydrogens is 214 g/mol. The SMILES string of the molecule is N#C/C(=C/C(=O)O)c1ccc2ccccc2c1. The number of carboxylic acids is 1. The second-order valence-corrected chi connectivity index (χ2v) is 3.57. The first-order valence-corrected chi connectivity index (χ1v) is 5.04. The van der Waals surface area contributed by atoms with Crippen molar-refractivity contribution in [1.82, 2.24) is 0 Å². The lowest BCUT2D eigenvalue weighted by molar-refractivity contribution is -0.131. The van der Waals surface area contributed by atoms with Crippen molar-refractivity contribution in [3.8, 4) is 6.07 Å². The van der Waals surface area contributed by atoms with E-state index in [0.29, 0.717) is 5.56 Å². The second kappa shape index (κ2) is 4.50. The molecule has 82 valence electrons. The van der Waals surface area contributed by atoms with E-state index in [-0.39, 0.29) is 5.57 Å².